The lowest BCUT2D eigenvalue weighted by Crippen LogP contribution is -2.32. The largest absolute Gasteiger partial charge is 0.337 e. The Balaban J connectivity index is 0.00000144. The third-order valence-electron chi connectivity index (χ3n) is 2.87. The third-order valence-corrected chi connectivity index (χ3v) is 3.52. The molecule has 1 amide bonds. The monoisotopic (exact) mass is 318 g/mol. The van der Waals surface area contributed by atoms with Gasteiger partial charge in [-0.15, -0.1) is 12.4 Å². The Bertz CT molecular complexity index is 425. The highest BCUT2D eigenvalue weighted by Crippen LogP contribution is 2.21. The van der Waals surface area contributed by atoms with Crippen LogP contribution in [0.15, 0.2) is 22.7 Å². The maximum Gasteiger partial charge on any atom is 0.255 e. The maximum atomic E-state index is 12.2. The Morgan fingerprint density at radius 1 is 1.53 bits per heavy atom. The van der Waals surface area contributed by atoms with Crippen LogP contribution in [0.3, 0.4) is 0 Å². The molecule has 5 heteroatoms. The number of hydrogen-bond donors (Lipinski definition) is 1. The van der Waals surface area contributed by atoms with Crippen LogP contribution in [0.1, 0.15) is 22.3 Å². The van der Waals surface area contributed by atoms with Crippen LogP contribution in [-0.2, 0) is 0 Å². The Morgan fingerprint density at radius 2 is 2.24 bits per heavy atom. The summed E-state index contributed by atoms with van der Waals surface area (Å²) in [6.07, 6.45) is 0.898. The van der Waals surface area contributed by atoms with E-state index in [2.05, 4.69) is 15.9 Å². The van der Waals surface area contributed by atoms with Crippen molar-refractivity contribution in [3.05, 3.63) is 33.8 Å². The summed E-state index contributed by atoms with van der Waals surface area (Å²) in [5, 5.41) is 0. The number of carbonyl (C=O) groups is 1. The summed E-state index contributed by atoms with van der Waals surface area (Å²) in [4.78, 5) is 14.0. The summed E-state index contributed by atoms with van der Waals surface area (Å²) >= 11 is 3.43. The van der Waals surface area contributed by atoms with Crippen molar-refractivity contribution in [2.75, 3.05) is 13.1 Å². The zero-order valence-corrected chi connectivity index (χ0v) is 12.1. The van der Waals surface area contributed by atoms with Crippen LogP contribution < -0.4 is 5.73 Å². The van der Waals surface area contributed by atoms with Crippen molar-refractivity contribution in [2.45, 2.75) is 19.4 Å². The molecule has 0 aliphatic carbocycles. The molecule has 2 N–H and O–H groups in total. The summed E-state index contributed by atoms with van der Waals surface area (Å²) in [5.41, 5.74) is 7.66. The number of halogens is 2. The molecule has 3 nitrogen and oxygen atoms in total. The number of nitrogens with zero attached hydrogens (tertiary/aromatic N) is 1. The van der Waals surface area contributed by atoms with Gasteiger partial charge in [-0.3, -0.25) is 4.79 Å². The van der Waals surface area contributed by atoms with E-state index in [0.29, 0.717) is 6.54 Å². The molecule has 1 aromatic carbocycles. The Hall–Kier alpha value is -0.580. The minimum Gasteiger partial charge on any atom is -0.337 e. The molecular weight excluding hydrogens is 304 g/mol. The van der Waals surface area contributed by atoms with E-state index in [1.165, 1.54) is 0 Å². The van der Waals surface area contributed by atoms with Gasteiger partial charge >= 0.3 is 0 Å². The fourth-order valence-corrected chi connectivity index (χ4v) is 2.60. The molecule has 0 bridgehead atoms. The molecule has 0 spiro atoms. The van der Waals surface area contributed by atoms with E-state index < -0.39 is 0 Å². The first-order valence-electron chi connectivity index (χ1n) is 5.39. The lowest BCUT2D eigenvalue weighted by Gasteiger charge is -2.16. The highest BCUT2D eigenvalue weighted by molar-refractivity contribution is 9.10. The first-order valence-corrected chi connectivity index (χ1v) is 6.18. The summed E-state index contributed by atoms with van der Waals surface area (Å²) in [7, 11) is 0. The van der Waals surface area contributed by atoms with Crippen LogP contribution in [0.25, 0.3) is 0 Å². The van der Waals surface area contributed by atoms with Crippen molar-refractivity contribution in [1.82, 2.24) is 4.90 Å². The second-order valence-electron chi connectivity index (χ2n) is 4.28. The average molecular weight is 320 g/mol. The van der Waals surface area contributed by atoms with Gasteiger partial charge in [-0.1, -0.05) is 6.07 Å². The molecule has 17 heavy (non-hydrogen) atoms. The molecule has 0 saturated carbocycles. The van der Waals surface area contributed by atoms with Gasteiger partial charge in [-0.05, 0) is 47.0 Å². The van der Waals surface area contributed by atoms with Gasteiger partial charge in [0.1, 0.15) is 0 Å². The van der Waals surface area contributed by atoms with Crippen LogP contribution in [0, 0.1) is 6.92 Å². The molecule has 94 valence electrons. The fourth-order valence-electron chi connectivity index (χ4n) is 1.94. The minimum atomic E-state index is 0. The van der Waals surface area contributed by atoms with Gasteiger partial charge in [-0.2, -0.15) is 0 Å². The zero-order chi connectivity index (χ0) is 11.7. The second kappa shape index (κ2) is 5.85. The number of rotatable bonds is 1. The number of aryl methyl sites for hydroxylation is 1. The smallest absolute Gasteiger partial charge is 0.255 e. The third kappa shape index (κ3) is 3.21. The standard InChI is InChI=1S/C12H15BrN2O.ClH/c1-8-2-3-10(11(13)6-8)12(16)15-5-4-9(14)7-15;/h2-3,6,9H,4-5,7,14H2,1H3;1H/t9-;/m0./s1. The Morgan fingerprint density at radius 3 is 2.76 bits per heavy atom. The number of benzene rings is 1. The van der Waals surface area contributed by atoms with Crippen molar-refractivity contribution < 1.29 is 4.79 Å². The maximum absolute atomic E-state index is 12.2. The van der Waals surface area contributed by atoms with Gasteiger partial charge in [0.25, 0.3) is 5.91 Å². The highest BCUT2D eigenvalue weighted by atomic mass is 79.9. The molecule has 1 atom stereocenters. The van der Waals surface area contributed by atoms with E-state index in [1.54, 1.807) is 0 Å². The summed E-state index contributed by atoms with van der Waals surface area (Å²) < 4.78 is 0.859. The van der Waals surface area contributed by atoms with E-state index in [4.69, 9.17) is 5.73 Å². The lowest BCUT2D eigenvalue weighted by molar-refractivity contribution is 0.0790. The van der Waals surface area contributed by atoms with Crippen LogP contribution in [0.2, 0.25) is 0 Å². The first kappa shape index (κ1) is 14.5. The van der Waals surface area contributed by atoms with E-state index in [9.17, 15) is 4.79 Å². The topological polar surface area (TPSA) is 46.3 Å². The van der Waals surface area contributed by atoms with E-state index in [0.717, 1.165) is 28.6 Å². The number of nitrogens with two attached hydrogens (primary N) is 1. The van der Waals surface area contributed by atoms with Crippen LogP contribution in [0.4, 0.5) is 0 Å². The van der Waals surface area contributed by atoms with Crippen LogP contribution in [-0.4, -0.2) is 29.9 Å². The summed E-state index contributed by atoms with van der Waals surface area (Å²) in [6.45, 7) is 3.43. The molecule has 0 radical (unpaired) electrons. The van der Waals surface area contributed by atoms with Gasteiger partial charge < -0.3 is 10.6 Å². The van der Waals surface area contributed by atoms with Gasteiger partial charge in [0.05, 0.1) is 5.56 Å². The number of hydrogen-bond acceptors (Lipinski definition) is 2. The predicted molar refractivity (Wildman–Crippen MR) is 74.6 cm³/mol. The Labute approximate surface area is 116 Å². The average Bonchev–Trinajstić information content (AvgIpc) is 2.64. The number of amides is 1. The van der Waals surface area contributed by atoms with Gasteiger partial charge in [0.2, 0.25) is 0 Å². The predicted octanol–water partition coefficient (Wildman–Crippen LogP) is 2.35. The quantitative estimate of drug-likeness (QED) is 0.863. The van der Waals surface area contributed by atoms with Crippen LogP contribution >= 0.6 is 28.3 Å². The molecule has 1 heterocycles. The van der Waals surface area contributed by atoms with Crippen LogP contribution in [0.5, 0.6) is 0 Å². The van der Waals surface area contributed by atoms with Crippen molar-refractivity contribution in [3.63, 3.8) is 0 Å². The molecule has 1 fully saturated rings. The molecule has 1 aromatic rings. The molecule has 0 aromatic heterocycles. The fraction of sp³-hybridized carbons (Fsp3) is 0.417. The number of likely N-dealkylation sites (tertiary alicyclic amines) is 1. The van der Waals surface area contributed by atoms with Crippen molar-refractivity contribution in [2.24, 2.45) is 5.73 Å². The lowest BCUT2D eigenvalue weighted by atomic mass is 10.1. The normalized spacial score (nSPS) is 19.0. The Kier molecular flexibility index (Phi) is 4.98. The van der Waals surface area contributed by atoms with Gasteiger partial charge in [-0.25, -0.2) is 0 Å². The van der Waals surface area contributed by atoms with E-state index in [-0.39, 0.29) is 24.4 Å². The molecule has 1 aliphatic rings. The van der Waals surface area contributed by atoms with E-state index in [1.807, 2.05) is 30.0 Å². The molecule has 0 unspecified atom stereocenters. The molecular formula is C12H16BrClN2O. The van der Waals surface area contributed by atoms with Crippen molar-refractivity contribution in [3.8, 4) is 0 Å². The first-order chi connectivity index (χ1) is 7.58. The molecule has 1 saturated heterocycles. The second-order valence-corrected chi connectivity index (χ2v) is 5.14. The molecule has 1 aliphatic heterocycles. The van der Waals surface area contributed by atoms with Gasteiger partial charge in [0, 0.05) is 23.6 Å². The van der Waals surface area contributed by atoms with Gasteiger partial charge in [0.15, 0.2) is 0 Å². The minimum absolute atomic E-state index is 0. The highest BCUT2D eigenvalue weighted by Gasteiger charge is 2.25. The zero-order valence-electron chi connectivity index (χ0n) is 9.65. The number of carbonyl (C=O) groups excluding carboxylic acids is 1. The van der Waals surface area contributed by atoms with Crippen molar-refractivity contribution in [1.29, 1.82) is 0 Å². The van der Waals surface area contributed by atoms with Crippen molar-refractivity contribution >= 4 is 34.2 Å². The van der Waals surface area contributed by atoms with E-state index >= 15 is 0 Å². The summed E-state index contributed by atoms with van der Waals surface area (Å²) in [6, 6.07) is 5.91. The SMILES string of the molecule is Cc1ccc(C(=O)N2CC[C@H](N)C2)c(Br)c1.Cl. The summed E-state index contributed by atoms with van der Waals surface area (Å²) in [5.74, 6) is 0.0693. The molecule has 2 rings (SSSR count).